The van der Waals surface area contributed by atoms with Gasteiger partial charge in [0.15, 0.2) is 0 Å². The Labute approximate surface area is 142 Å². The number of imide groups is 1. The second-order valence-corrected chi connectivity index (χ2v) is 6.59. The summed E-state index contributed by atoms with van der Waals surface area (Å²) in [5.74, 6) is -0.690. The van der Waals surface area contributed by atoms with Crippen molar-refractivity contribution in [1.82, 2.24) is 20.9 Å². The van der Waals surface area contributed by atoms with E-state index in [1.165, 1.54) is 7.05 Å². The lowest BCUT2D eigenvalue weighted by atomic mass is 10.0. The molecule has 0 aliphatic carbocycles. The van der Waals surface area contributed by atoms with Gasteiger partial charge in [-0.1, -0.05) is 30.3 Å². The number of likely N-dealkylation sites (N-methyl/N-ethyl adjacent to an activating group) is 1. The van der Waals surface area contributed by atoms with Crippen LogP contribution in [0.15, 0.2) is 30.3 Å². The minimum absolute atomic E-state index is 0.0258. The molecule has 0 aliphatic heterocycles. The van der Waals surface area contributed by atoms with Gasteiger partial charge in [-0.3, -0.25) is 19.8 Å². The molecule has 1 rings (SSSR count). The Kier molecular flexibility index (Phi) is 6.91. The maximum atomic E-state index is 12.5. The number of urea groups is 1. The molecule has 0 spiro atoms. The smallest absolute Gasteiger partial charge is 0.321 e. The van der Waals surface area contributed by atoms with E-state index in [0.717, 1.165) is 0 Å². The molecule has 0 heterocycles. The van der Waals surface area contributed by atoms with Crippen LogP contribution in [0.2, 0.25) is 0 Å². The highest BCUT2D eigenvalue weighted by atomic mass is 16.2. The highest BCUT2D eigenvalue weighted by molar-refractivity contribution is 5.97. The molecule has 3 N–H and O–H groups in total. The van der Waals surface area contributed by atoms with Gasteiger partial charge in [-0.15, -0.1) is 0 Å². The molecule has 0 radical (unpaired) electrons. The molecule has 0 saturated carbocycles. The zero-order valence-corrected chi connectivity index (χ0v) is 14.8. The van der Waals surface area contributed by atoms with Crippen LogP contribution in [-0.2, 0) is 9.59 Å². The largest absolute Gasteiger partial charge is 0.350 e. The molecule has 4 amide bonds. The van der Waals surface area contributed by atoms with Gasteiger partial charge in [0, 0.05) is 12.6 Å². The van der Waals surface area contributed by atoms with Crippen molar-refractivity contribution in [2.75, 3.05) is 20.6 Å². The second-order valence-electron chi connectivity index (χ2n) is 6.59. The van der Waals surface area contributed by atoms with Crippen molar-refractivity contribution in [3.63, 3.8) is 0 Å². The topological polar surface area (TPSA) is 90.5 Å². The summed E-state index contributed by atoms with van der Waals surface area (Å²) in [5.41, 5.74) is 0.342. The SMILES string of the molecule is CNC(=O)NC(=O)[C@H](c1ccccc1)N(C)CC(=O)NC(C)(C)C. The van der Waals surface area contributed by atoms with Gasteiger partial charge in [-0.2, -0.15) is 0 Å². The summed E-state index contributed by atoms with van der Waals surface area (Å²) in [7, 11) is 3.10. The summed E-state index contributed by atoms with van der Waals surface area (Å²) in [4.78, 5) is 37.7. The minimum atomic E-state index is -0.755. The van der Waals surface area contributed by atoms with Crippen molar-refractivity contribution in [2.45, 2.75) is 32.4 Å². The molecule has 1 aromatic rings. The number of nitrogens with zero attached hydrogens (tertiary/aromatic N) is 1. The third kappa shape index (κ3) is 6.37. The predicted octanol–water partition coefficient (Wildman–Crippen LogP) is 1.03. The van der Waals surface area contributed by atoms with Gasteiger partial charge in [0.1, 0.15) is 6.04 Å². The van der Waals surface area contributed by atoms with Gasteiger partial charge in [0.2, 0.25) is 11.8 Å². The molecule has 0 bridgehead atoms. The van der Waals surface area contributed by atoms with Crippen LogP contribution in [0.4, 0.5) is 4.79 Å². The summed E-state index contributed by atoms with van der Waals surface area (Å²) in [6.07, 6.45) is 0. The molecular formula is C17H26N4O3. The molecular weight excluding hydrogens is 308 g/mol. The lowest BCUT2D eigenvalue weighted by Gasteiger charge is -2.28. The van der Waals surface area contributed by atoms with Gasteiger partial charge in [0.25, 0.3) is 0 Å². The number of hydrogen-bond donors (Lipinski definition) is 3. The van der Waals surface area contributed by atoms with Crippen LogP contribution in [0, 0.1) is 0 Å². The van der Waals surface area contributed by atoms with Crippen molar-refractivity contribution in [2.24, 2.45) is 0 Å². The molecule has 0 aliphatic rings. The Morgan fingerprint density at radius 3 is 2.21 bits per heavy atom. The fourth-order valence-corrected chi connectivity index (χ4v) is 2.26. The van der Waals surface area contributed by atoms with Gasteiger partial charge >= 0.3 is 6.03 Å². The molecule has 132 valence electrons. The summed E-state index contributed by atoms with van der Waals surface area (Å²) >= 11 is 0. The molecule has 7 heteroatoms. The molecule has 0 fully saturated rings. The zero-order valence-electron chi connectivity index (χ0n) is 14.8. The minimum Gasteiger partial charge on any atom is -0.350 e. The average molecular weight is 334 g/mol. The number of hydrogen-bond acceptors (Lipinski definition) is 4. The van der Waals surface area contributed by atoms with Crippen molar-refractivity contribution >= 4 is 17.8 Å². The standard InChI is InChI=1S/C17H26N4O3/c1-17(2,3)20-13(22)11-21(5)14(12-9-7-6-8-10-12)15(23)19-16(24)18-4/h6-10,14H,11H2,1-5H3,(H,20,22)(H2,18,19,23,24)/t14-/m0/s1. The Bertz CT molecular complexity index is 581. The molecule has 0 saturated heterocycles. The van der Waals surface area contributed by atoms with Crippen molar-refractivity contribution in [1.29, 1.82) is 0 Å². The average Bonchev–Trinajstić information content (AvgIpc) is 2.46. The van der Waals surface area contributed by atoms with E-state index in [4.69, 9.17) is 0 Å². The fourth-order valence-electron chi connectivity index (χ4n) is 2.26. The third-order valence-electron chi connectivity index (χ3n) is 3.18. The Morgan fingerprint density at radius 2 is 1.71 bits per heavy atom. The quantitative estimate of drug-likeness (QED) is 0.750. The van der Waals surface area contributed by atoms with E-state index in [2.05, 4.69) is 16.0 Å². The molecule has 24 heavy (non-hydrogen) atoms. The normalized spacial score (nSPS) is 12.4. The first-order valence-corrected chi connectivity index (χ1v) is 7.73. The number of benzene rings is 1. The highest BCUT2D eigenvalue weighted by Crippen LogP contribution is 2.19. The fraction of sp³-hybridized carbons (Fsp3) is 0.471. The maximum absolute atomic E-state index is 12.5. The van der Waals surface area contributed by atoms with Gasteiger partial charge in [-0.05, 0) is 33.4 Å². The number of nitrogens with one attached hydrogen (secondary N) is 3. The number of carbonyl (C=O) groups excluding carboxylic acids is 3. The van der Waals surface area contributed by atoms with E-state index >= 15 is 0 Å². The first kappa shape index (κ1) is 19.6. The predicted molar refractivity (Wildman–Crippen MR) is 92.3 cm³/mol. The summed E-state index contributed by atoms with van der Waals surface area (Å²) < 4.78 is 0. The monoisotopic (exact) mass is 334 g/mol. The van der Waals surface area contributed by atoms with Gasteiger partial charge in [0.05, 0.1) is 6.54 Å². The zero-order chi connectivity index (χ0) is 18.3. The Morgan fingerprint density at radius 1 is 1.12 bits per heavy atom. The summed E-state index contributed by atoms with van der Waals surface area (Å²) in [5, 5.41) is 7.47. The molecule has 7 nitrogen and oxygen atoms in total. The summed E-state index contributed by atoms with van der Waals surface area (Å²) in [6.45, 7) is 5.69. The van der Waals surface area contributed by atoms with E-state index < -0.39 is 18.0 Å². The molecule has 0 unspecified atom stereocenters. The third-order valence-corrected chi connectivity index (χ3v) is 3.18. The number of rotatable bonds is 5. The van der Waals surface area contributed by atoms with Crippen LogP contribution in [0.25, 0.3) is 0 Å². The van der Waals surface area contributed by atoms with E-state index in [9.17, 15) is 14.4 Å². The van der Waals surface area contributed by atoms with Crippen molar-refractivity contribution < 1.29 is 14.4 Å². The van der Waals surface area contributed by atoms with Crippen molar-refractivity contribution in [3.8, 4) is 0 Å². The maximum Gasteiger partial charge on any atom is 0.321 e. The van der Waals surface area contributed by atoms with Crippen LogP contribution in [-0.4, -0.2) is 48.9 Å². The number of carbonyl (C=O) groups is 3. The van der Waals surface area contributed by atoms with E-state index in [1.807, 2.05) is 26.8 Å². The van der Waals surface area contributed by atoms with E-state index in [1.54, 1.807) is 36.2 Å². The first-order valence-electron chi connectivity index (χ1n) is 7.73. The van der Waals surface area contributed by atoms with Crippen LogP contribution in [0.1, 0.15) is 32.4 Å². The second kappa shape index (κ2) is 8.44. The molecule has 1 atom stereocenters. The van der Waals surface area contributed by atoms with Gasteiger partial charge in [-0.25, -0.2) is 4.79 Å². The van der Waals surface area contributed by atoms with E-state index in [0.29, 0.717) is 5.56 Å². The van der Waals surface area contributed by atoms with Crippen LogP contribution in [0.3, 0.4) is 0 Å². The molecule has 0 aromatic heterocycles. The van der Waals surface area contributed by atoms with Gasteiger partial charge < -0.3 is 10.6 Å². The van der Waals surface area contributed by atoms with Crippen LogP contribution in [0.5, 0.6) is 0 Å². The van der Waals surface area contributed by atoms with Crippen LogP contribution < -0.4 is 16.0 Å². The highest BCUT2D eigenvalue weighted by Gasteiger charge is 2.28. The van der Waals surface area contributed by atoms with E-state index in [-0.39, 0.29) is 18.0 Å². The lowest BCUT2D eigenvalue weighted by Crippen LogP contribution is -2.49. The number of amides is 4. The first-order chi connectivity index (χ1) is 11.1. The Balaban J connectivity index is 2.94. The summed E-state index contributed by atoms with van der Waals surface area (Å²) in [6, 6.07) is 7.67. The molecule has 1 aromatic carbocycles. The van der Waals surface area contributed by atoms with Crippen molar-refractivity contribution in [3.05, 3.63) is 35.9 Å². The lowest BCUT2D eigenvalue weighted by molar-refractivity contribution is -0.128. The Hall–Kier alpha value is -2.41. The van der Waals surface area contributed by atoms with Crippen LogP contribution >= 0.6 is 0 Å².